The van der Waals surface area contributed by atoms with E-state index >= 15 is 0 Å². The van der Waals surface area contributed by atoms with Crippen LogP contribution in [-0.4, -0.2) is 42.2 Å². The van der Waals surface area contributed by atoms with Gasteiger partial charge in [-0.05, 0) is 48.3 Å². The second kappa shape index (κ2) is 13.2. The van der Waals surface area contributed by atoms with Crippen molar-refractivity contribution in [1.29, 1.82) is 0 Å². The summed E-state index contributed by atoms with van der Waals surface area (Å²) >= 11 is 1.74. The van der Waals surface area contributed by atoms with E-state index in [-0.39, 0.29) is 24.0 Å². The van der Waals surface area contributed by atoms with Gasteiger partial charge in [-0.2, -0.15) is 11.3 Å². The molecular formula is C20H34IN5OS. The third kappa shape index (κ3) is 7.36. The van der Waals surface area contributed by atoms with Gasteiger partial charge >= 0.3 is 0 Å². The van der Waals surface area contributed by atoms with Crippen molar-refractivity contribution in [3.63, 3.8) is 0 Å². The molecule has 0 aliphatic rings. The molecule has 0 aliphatic carbocycles. The lowest BCUT2D eigenvalue weighted by Crippen LogP contribution is -2.43. The predicted molar refractivity (Wildman–Crippen MR) is 129 cm³/mol. The van der Waals surface area contributed by atoms with Gasteiger partial charge in [-0.3, -0.25) is 4.90 Å². The topological polar surface area (TPSA) is 65.7 Å². The molecule has 0 aliphatic heterocycles. The van der Waals surface area contributed by atoms with E-state index in [0.29, 0.717) is 18.5 Å². The molecule has 8 heteroatoms. The van der Waals surface area contributed by atoms with Gasteiger partial charge in [0, 0.05) is 19.2 Å². The Balaban J connectivity index is 0.00000392. The molecule has 2 aromatic heterocycles. The van der Waals surface area contributed by atoms with Gasteiger partial charge in [-0.15, -0.1) is 24.0 Å². The lowest BCUT2D eigenvalue weighted by Gasteiger charge is -2.30. The van der Waals surface area contributed by atoms with Crippen molar-refractivity contribution >= 4 is 41.3 Å². The first-order valence-electron chi connectivity index (χ1n) is 9.82. The number of likely N-dealkylation sites (N-methyl/N-ethyl adjacent to an activating group) is 1. The molecule has 2 N–H and O–H groups in total. The van der Waals surface area contributed by atoms with Gasteiger partial charge in [0.15, 0.2) is 11.7 Å². The van der Waals surface area contributed by atoms with Crippen molar-refractivity contribution < 1.29 is 4.52 Å². The smallest absolute Gasteiger partial charge is 0.191 e. The largest absolute Gasteiger partial charge is 0.359 e. The van der Waals surface area contributed by atoms with Crippen LogP contribution in [0.3, 0.4) is 0 Å². The third-order valence-corrected chi connectivity index (χ3v) is 5.25. The number of rotatable bonds is 10. The van der Waals surface area contributed by atoms with E-state index in [1.54, 1.807) is 11.3 Å². The Labute approximate surface area is 190 Å². The van der Waals surface area contributed by atoms with E-state index in [1.165, 1.54) is 5.56 Å². The molecule has 28 heavy (non-hydrogen) atoms. The average Bonchev–Trinajstić information content (AvgIpc) is 3.35. The fourth-order valence-corrected chi connectivity index (χ4v) is 3.66. The third-order valence-electron chi connectivity index (χ3n) is 4.55. The summed E-state index contributed by atoms with van der Waals surface area (Å²) < 4.78 is 5.39. The Bertz CT molecular complexity index is 683. The second-order valence-electron chi connectivity index (χ2n) is 6.74. The highest BCUT2D eigenvalue weighted by Gasteiger charge is 2.18. The van der Waals surface area contributed by atoms with Crippen LogP contribution in [0, 0.1) is 0 Å². The highest BCUT2D eigenvalue weighted by atomic mass is 127. The normalized spacial score (nSPS) is 12.9. The quantitative estimate of drug-likeness (QED) is 0.273. The van der Waals surface area contributed by atoms with Crippen LogP contribution < -0.4 is 10.6 Å². The van der Waals surface area contributed by atoms with E-state index in [0.717, 1.165) is 43.6 Å². The molecule has 6 nitrogen and oxygen atoms in total. The van der Waals surface area contributed by atoms with Crippen LogP contribution in [-0.2, 0) is 6.54 Å². The van der Waals surface area contributed by atoms with Crippen molar-refractivity contribution in [2.24, 2.45) is 4.99 Å². The first-order valence-corrected chi connectivity index (χ1v) is 10.8. The summed E-state index contributed by atoms with van der Waals surface area (Å²) in [6, 6.07) is 4.52. The lowest BCUT2D eigenvalue weighted by molar-refractivity contribution is 0.219. The maximum absolute atomic E-state index is 5.39. The predicted octanol–water partition coefficient (Wildman–Crippen LogP) is 4.62. The molecule has 2 aromatic rings. The Morgan fingerprint density at radius 1 is 1.25 bits per heavy atom. The second-order valence-corrected chi connectivity index (χ2v) is 7.52. The summed E-state index contributed by atoms with van der Waals surface area (Å²) in [6.45, 7) is 14.8. The van der Waals surface area contributed by atoms with Crippen molar-refractivity contribution in [2.45, 2.75) is 53.1 Å². The van der Waals surface area contributed by atoms with E-state index in [2.05, 4.69) is 77.1 Å². The molecule has 1 unspecified atom stereocenters. The fourth-order valence-electron chi connectivity index (χ4n) is 2.95. The van der Waals surface area contributed by atoms with Gasteiger partial charge in [0.05, 0.1) is 11.7 Å². The number of aromatic nitrogens is 1. The zero-order valence-electron chi connectivity index (χ0n) is 17.6. The SMILES string of the molecule is CCNC(=NCc1cc(C(C)C)no1)NCC(c1ccsc1)N(CC)CC.I. The minimum atomic E-state index is 0. The van der Waals surface area contributed by atoms with Crippen LogP contribution in [0.4, 0.5) is 0 Å². The molecule has 0 fully saturated rings. The van der Waals surface area contributed by atoms with Crippen LogP contribution in [0.5, 0.6) is 0 Å². The molecule has 0 bridgehead atoms. The molecule has 158 valence electrons. The summed E-state index contributed by atoms with van der Waals surface area (Å²) in [5.74, 6) is 1.94. The monoisotopic (exact) mass is 519 g/mol. The van der Waals surface area contributed by atoms with Gasteiger partial charge < -0.3 is 15.2 Å². The van der Waals surface area contributed by atoms with Crippen LogP contribution in [0.1, 0.15) is 63.6 Å². The summed E-state index contributed by atoms with van der Waals surface area (Å²) in [7, 11) is 0. The van der Waals surface area contributed by atoms with E-state index in [4.69, 9.17) is 4.52 Å². The molecule has 2 rings (SSSR count). The van der Waals surface area contributed by atoms with Crippen LogP contribution >= 0.6 is 35.3 Å². The van der Waals surface area contributed by atoms with Gasteiger partial charge in [0.25, 0.3) is 0 Å². The number of nitrogens with one attached hydrogen (secondary N) is 2. The van der Waals surface area contributed by atoms with Crippen molar-refractivity contribution in [3.8, 4) is 0 Å². The number of hydrogen-bond donors (Lipinski definition) is 2. The van der Waals surface area contributed by atoms with Crippen molar-refractivity contribution in [1.82, 2.24) is 20.7 Å². The molecule has 0 spiro atoms. The van der Waals surface area contributed by atoms with Crippen molar-refractivity contribution in [3.05, 3.63) is 39.9 Å². The highest BCUT2D eigenvalue weighted by Crippen LogP contribution is 2.22. The molecule has 0 amide bonds. The molecule has 1 atom stereocenters. The van der Waals surface area contributed by atoms with E-state index < -0.39 is 0 Å². The van der Waals surface area contributed by atoms with E-state index in [9.17, 15) is 0 Å². The Morgan fingerprint density at radius 3 is 2.54 bits per heavy atom. The van der Waals surface area contributed by atoms with E-state index in [1.807, 2.05) is 6.07 Å². The summed E-state index contributed by atoms with van der Waals surface area (Å²) in [5.41, 5.74) is 2.32. The maximum Gasteiger partial charge on any atom is 0.191 e. The molecule has 0 radical (unpaired) electrons. The van der Waals surface area contributed by atoms with Crippen LogP contribution in [0.2, 0.25) is 0 Å². The Morgan fingerprint density at radius 2 is 2.00 bits per heavy atom. The molecule has 0 aromatic carbocycles. The van der Waals surface area contributed by atoms with Crippen molar-refractivity contribution in [2.75, 3.05) is 26.2 Å². The maximum atomic E-state index is 5.39. The van der Waals surface area contributed by atoms with Gasteiger partial charge in [-0.1, -0.05) is 32.9 Å². The van der Waals surface area contributed by atoms with Gasteiger partial charge in [0.1, 0.15) is 6.54 Å². The molecule has 0 saturated carbocycles. The zero-order valence-corrected chi connectivity index (χ0v) is 20.7. The Hall–Kier alpha value is -1.13. The zero-order chi connectivity index (χ0) is 19.6. The summed E-state index contributed by atoms with van der Waals surface area (Å²) in [5, 5.41) is 15.3. The number of halogens is 1. The average molecular weight is 519 g/mol. The number of aliphatic imine (C=N–C) groups is 1. The molecule has 0 saturated heterocycles. The highest BCUT2D eigenvalue weighted by molar-refractivity contribution is 14.0. The first kappa shape index (κ1) is 24.9. The standard InChI is InChI=1S/C20H33N5OS.HI/c1-6-21-20(22-12-17-11-18(15(4)5)24-26-17)23-13-19(25(7-2)8-3)16-9-10-27-14-16;/h9-11,14-15,19H,6-8,12-13H2,1-5H3,(H2,21,22,23);1H. The summed E-state index contributed by atoms with van der Waals surface area (Å²) in [6.07, 6.45) is 0. The number of thiophene rings is 1. The molecular weight excluding hydrogens is 485 g/mol. The number of guanidine groups is 1. The van der Waals surface area contributed by atoms with Gasteiger partial charge in [-0.25, -0.2) is 4.99 Å². The molecule has 2 heterocycles. The lowest BCUT2D eigenvalue weighted by atomic mass is 10.1. The fraction of sp³-hybridized carbons (Fsp3) is 0.600. The van der Waals surface area contributed by atoms with Crippen LogP contribution in [0.25, 0.3) is 0 Å². The minimum Gasteiger partial charge on any atom is -0.359 e. The number of nitrogens with zero attached hydrogens (tertiary/aromatic N) is 3. The van der Waals surface area contributed by atoms with Gasteiger partial charge in [0.2, 0.25) is 0 Å². The minimum absolute atomic E-state index is 0. The summed E-state index contributed by atoms with van der Waals surface area (Å²) in [4.78, 5) is 7.13. The first-order chi connectivity index (χ1) is 13.1. The Kier molecular flexibility index (Phi) is 11.7. The number of hydrogen-bond acceptors (Lipinski definition) is 5. The van der Waals surface area contributed by atoms with Crippen LogP contribution in [0.15, 0.2) is 32.4 Å².